The summed E-state index contributed by atoms with van der Waals surface area (Å²) >= 11 is 6.46. The van der Waals surface area contributed by atoms with Crippen LogP contribution in [0.2, 0.25) is 5.15 Å². The first kappa shape index (κ1) is 21.8. The molecule has 0 saturated heterocycles. The fourth-order valence-corrected chi connectivity index (χ4v) is 5.57. The van der Waals surface area contributed by atoms with Gasteiger partial charge in [0.05, 0.1) is 17.1 Å². The highest BCUT2D eigenvalue weighted by Crippen LogP contribution is 2.27. The largest absolute Gasteiger partial charge is 0.352 e. The highest BCUT2D eigenvalue weighted by molar-refractivity contribution is 7.92. The Kier molecular flexibility index (Phi) is 6.69. The summed E-state index contributed by atoms with van der Waals surface area (Å²) in [5.41, 5.74) is 1.72. The normalized spacial score (nSPS) is 21.0. The van der Waals surface area contributed by atoms with Gasteiger partial charge in [0.25, 0.3) is 0 Å². The number of halogens is 1. The third-order valence-corrected chi connectivity index (χ3v) is 8.19. The number of carbonyl (C=O) groups excluding carboxylic acids is 1. The van der Waals surface area contributed by atoms with Crippen molar-refractivity contribution >= 4 is 27.3 Å². The molecule has 0 spiro atoms. The van der Waals surface area contributed by atoms with Crippen molar-refractivity contribution in [2.24, 2.45) is 5.92 Å². The summed E-state index contributed by atoms with van der Waals surface area (Å²) in [4.78, 5) is 12.6. The maximum atomic E-state index is 13.0. The highest BCUT2D eigenvalue weighted by atomic mass is 35.5. The lowest BCUT2D eigenvalue weighted by atomic mass is 9.86. The topological polar surface area (TPSA) is 81.1 Å². The molecule has 1 N–H and O–H groups in total. The van der Waals surface area contributed by atoms with Crippen molar-refractivity contribution in [2.75, 3.05) is 0 Å². The van der Waals surface area contributed by atoms with Gasteiger partial charge in [-0.1, -0.05) is 49.6 Å². The Morgan fingerprint density at radius 2 is 1.93 bits per heavy atom. The summed E-state index contributed by atoms with van der Waals surface area (Å²) in [5, 5.41) is 6.45. The second-order valence-electron chi connectivity index (χ2n) is 7.93. The van der Waals surface area contributed by atoms with E-state index < -0.39 is 21.0 Å². The van der Waals surface area contributed by atoms with Crippen molar-refractivity contribution in [3.63, 3.8) is 0 Å². The maximum absolute atomic E-state index is 13.0. The monoisotopic (exact) mass is 437 g/mol. The first-order valence-corrected chi connectivity index (χ1v) is 12.1. The number of amides is 1. The number of hydrogen-bond donors (Lipinski definition) is 1. The van der Waals surface area contributed by atoms with Crippen LogP contribution in [0.25, 0.3) is 5.69 Å². The number of rotatable bonds is 6. The van der Waals surface area contributed by atoms with E-state index in [9.17, 15) is 13.2 Å². The van der Waals surface area contributed by atoms with Gasteiger partial charge in [0.2, 0.25) is 5.91 Å². The molecular formula is C21H28ClN3O3S. The SMILES string of the molecule is Cc1nn(-c2ccccc2)c(Cl)c1CS(=O)(=O)[C@@H](C)C(=O)N[C@H]1CCCC[C@@H]1C. The molecule has 8 heteroatoms. The molecule has 3 rings (SSSR count). The summed E-state index contributed by atoms with van der Waals surface area (Å²) in [6, 6.07) is 9.33. The molecule has 29 heavy (non-hydrogen) atoms. The van der Waals surface area contributed by atoms with Crippen LogP contribution in [0.5, 0.6) is 0 Å². The second-order valence-corrected chi connectivity index (χ2v) is 10.6. The fraction of sp³-hybridized carbons (Fsp3) is 0.524. The summed E-state index contributed by atoms with van der Waals surface area (Å²) in [6.45, 7) is 5.28. The zero-order valence-electron chi connectivity index (χ0n) is 17.1. The quantitative estimate of drug-likeness (QED) is 0.744. The molecule has 0 radical (unpaired) electrons. The maximum Gasteiger partial charge on any atom is 0.238 e. The molecule has 3 atom stereocenters. The Morgan fingerprint density at radius 3 is 2.59 bits per heavy atom. The van der Waals surface area contributed by atoms with Gasteiger partial charge in [0.1, 0.15) is 10.4 Å². The van der Waals surface area contributed by atoms with E-state index in [1.807, 2.05) is 30.3 Å². The van der Waals surface area contributed by atoms with Crippen molar-refractivity contribution in [2.45, 2.75) is 63.5 Å². The van der Waals surface area contributed by atoms with E-state index in [1.165, 1.54) is 11.6 Å². The minimum atomic E-state index is -3.74. The number of benzene rings is 1. The third-order valence-electron chi connectivity index (χ3n) is 5.82. The van der Waals surface area contributed by atoms with Gasteiger partial charge in [-0.05, 0) is 44.7 Å². The van der Waals surface area contributed by atoms with Gasteiger partial charge < -0.3 is 5.32 Å². The van der Waals surface area contributed by atoms with Gasteiger partial charge in [0, 0.05) is 11.6 Å². The standard InChI is InChI=1S/C21H28ClN3O3S/c1-14-9-7-8-12-19(14)23-21(26)16(3)29(27,28)13-18-15(2)24-25(20(18)22)17-10-5-4-6-11-17/h4-6,10-11,14,16,19H,7-9,12-13H2,1-3H3,(H,23,26)/t14-,16-,19-/m0/s1. The molecule has 6 nitrogen and oxygen atoms in total. The molecule has 1 aromatic heterocycles. The van der Waals surface area contributed by atoms with E-state index in [1.54, 1.807) is 6.92 Å². The Balaban J connectivity index is 1.76. The van der Waals surface area contributed by atoms with Gasteiger partial charge in [-0.3, -0.25) is 4.79 Å². The molecule has 1 aliphatic rings. The molecule has 1 amide bonds. The summed E-state index contributed by atoms with van der Waals surface area (Å²) in [6.07, 6.45) is 4.17. The number of nitrogens with one attached hydrogen (secondary N) is 1. The van der Waals surface area contributed by atoms with Crippen molar-refractivity contribution in [1.82, 2.24) is 15.1 Å². The van der Waals surface area contributed by atoms with E-state index in [-0.39, 0.29) is 16.9 Å². The van der Waals surface area contributed by atoms with Crippen molar-refractivity contribution < 1.29 is 13.2 Å². The lowest BCUT2D eigenvalue weighted by Crippen LogP contribution is -2.47. The van der Waals surface area contributed by atoms with Crippen LogP contribution < -0.4 is 5.32 Å². The molecule has 0 bridgehead atoms. The van der Waals surface area contributed by atoms with E-state index in [2.05, 4.69) is 17.3 Å². The fourth-order valence-electron chi connectivity index (χ4n) is 3.76. The molecule has 158 valence electrons. The zero-order chi connectivity index (χ0) is 21.2. The van der Waals surface area contributed by atoms with Crippen LogP contribution in [0.1, 0.15) is 50.8 Å². The van der Waals surface area contributed by atoms with Crippen LogP contribution in [0, 0.1) is 12.8 Å². The van der Waals surface area contributed by atoms with E-state index in [0.717, 1.165) is 31.4 Å². The number of aryl methyl sites for hydroxylation is 1. The van der Waals surface area contributed by atoms with Crippen LogP contribution in [0.15, 0.2) is 30.3 Å². The van der Waals surface area contributed by atoms with Gasteiger partial charge >= 0.3 is 0 Å². The van der Waals surface area contributed by atoms with Crippen molar-refractivity contribution in [3.8, 4) is 5.69 Å². The molecule has 1 saturated carbocycles. The molecule has 1 aliphatic carbocycles. The summed E-state index contributed by atoms with van der Waals surface area (Å²) in [5.74, 6) is -0.393. The molecule has 0 aliphatic heterocycles. The lowest BCUT2D eigenvalue weighted by Gasteiger charge is -2.30. The Morgan fingerprint density at radius 1 is 1.28 bits per heavy atom. The molecule has 1 fully saturated rings. The van der Waals surface area contributed by atoms with E-state index in [0.29, 0.717) is 17.2 Å². The predicted octanol–water partition coefficient (Wildman–Crippen LogP) is 3.83. The van der Waals surface area contributed by atoms with Gasteiger partial charge in [-0.25, -0.2) is 13.1 Å². The number of nitrogens with zero attached hydrogens (tertiary/aromatic N) is 2. The molecule has 1 heterocycles. The Labute approximate surface area is 177 Å². The minimum absolute atomic E-state index is 0.0417. The van der Waals surface area contributed by atoms with Crippen LogP contribution in [0.4, 0.5) is 0 Å². The number of para-hydroxylation sites is 1. The number of sulfone groups is 1. The molecular weight excluding hydrogens is 410 g/mol. The number of hydrogen-bond acceptors (Lipinski definition) is 4. The molecule has 1 aromatic carbocycles. The number of aromatic nitrogens is 2. The number of carbonyl (C=O) groups is 1. The predicted molar refractivity (Wildman–Crippen MR) is 115 cm³/mol. The lowest BCUT2D eigenvalue weighted by molar-refractivity contribution is -0.121. The molecule has 0 unspecified atom stereocenters. The minimum Gasteiger partial charge on any atom is -0.352 e. The van der Waals surface area contributed by atoms with Crippen LogP contribution >= 0.6 is 11.6 Å². The second kappa shape index (κ2) is 8.88. The van der Waals surface area contributed by atoms with Gasteiger partial charge in [-0.15, -0.1) is 0 Å². The third kappa shape index (κ3) is 4.83. The summed E-state index contributed by atoms with van der Waals surface area (Å²) in [7, 11) is -3.74. The zero-order valence-corrected chi connectivity index (χ0v) is 18.6. The first-order valence-electron chi connectivity index (χ1n) is 10.0. The van der Waals surface area contributed by atoms with Crippen LogP contribution in [0.3, 0.4) is 0 Å². The highest BCUT2D eigenvalue weighted by Gasteiger charge is 2.33. The average molecular weight is 438 g/mol. The smallest absolute Gasteiger partial charge is 0.238 e. The van der Waals surface area contributed by atoms with Gasteiger partial charge in [0.15, 0.2) is 9.84 Å². The molecule has 2 aromatic rings. The Bertz CT molecular complexity index is 973. The Hall–Kier alpha value is -1.86. The summed E-state index contributed by atoms with van der Waals surface area (Å²) < 4.78 is 27.4. The van der Waals surface area contributed by atoms with Crippen molar-refractivity contribution in [1.29, 1.82) is 0 Å². The average Bonchev–Trinajstić information content (AvgIpc) is 2.97. The van der Waals surface area contributed by atoms with E-state index >= 15 is 0 Å². The van der Waals surface area contributed by atoms with Gasteiger partial charge in [-0.2, -0.15) is 5.10 Å². The van der Waals surface area contributed by atoms with Crippen molar-refractivity contribution in [3.05, 3.63) is 46.7 Å². The van der Waals surface area contributed by atoms with Crippen LogP contribution in [-0.4, -0.2) is 35.4 Å². The first-order chi connectivity index (χ1) is 13.7. The van der Waals surface area contributed by atoms with E-state index in [4.69, 9.17) is 11.6 Å². The van der Waals surface area contributed by atoms with Crippen LogP contribution in [-0.2, 0) is 20.4 Å².